The molecule has 0 saturated carbocycles. The van der Waals surface area contributed by atoms with Crippen LogP contribution in [0.1, 0.15) is 0 Å². The molecule has 14 heavy (non-hydrogen) atoms. The molecule has 1 aromatic carbocycles. The number of anilines is 1. The van der Waals surface area contributed by atoms with Crippen molar-refractivity contribution in [3.8, 4) is 11.3 Å². The van der Waals surface area contributed by atoms with Crippen molar-refractivity contribution >= 4 is 5.95 Å². The van der Waals surface area contributed by atoms with Crippen LogP contribution in [0.3, 0.4) is 0 Å². The van der Waals surface area contributed by atoms with Crippen LogP contribution in [0.25, 0.3) is 11.3 Å². The van der Waals surface area contributed by atoms with Crippen molar-refractivity contribution in [3.05, 3.63) is 36.3 Å². The minimum absolute atomic E-state index is 0.0757. The first-order valence-electron chi connectivity index (χ1n) is 3.97. The van der Waals surface area contributed by atoms with Gasteiger partial charge in [-0.15, -0.1) is 5.10 Å². The number of nitrogens with two attached hydrogens (primary N) is 1. The van der Waals surface area contributed by atoms with Crippen LogP contribution < -0.4 is 5.73 Å². The molecule has 70 valence electrons. The summed E-state index contributed by atoms with van der Waals surface area (Å²) in [5, 5.41) is 7.14. The molecule has 0 aliphatic carbocycles. The molecular weight excluding hydrogens is 183 g/mol. The van der Waals surface area contributed by atoms with E-state index in [2.05, 4.69) is 15.2 Å². The first-order chi connectivity index (χ1) is 6.75. The highest BCUT2D eigenvalue weighted by Gasteiger charge is 2.01. The molecule has 0 atom stereocenters. The van der Waals surface area contributed by atoms with Crippen LogP contribution >= 0.6 is 0 Å². The van der Waals surface area contributed by atoms with Gasteiger partial charge in [0.25, 0.3) is 0 Å². The van der Waals surface area contributed by atoms with Crippen LogP contribution in [0, 0.1) is 5.82 Å². The van der Waals surface area contributed by atoms with Gasteiger partial charge < -0.3 is 5.73 Å². The third kappa shape index (κ3) is 1.66. The topological polar surface area (TPSA) is 64.7 Å². The lowest BCUT2D eigenvalue weighted by atomic mass is 10.2. The third-order valence-electron chi connectivity index (χ3n) is 1.70. The summed E-state index contributed by atoms with van der Waals surface area (Å²) in [5.74, 6) is -0.244. The Balaban J connectivity index is 2.49. The Hall–Kier alpha value is -2.04. The molecule has 2 rings (SSSR count). The van der Waals surface area contributed by atoms with Crippen LogP contribution in [0.2, 0.25) is 0 Å². The standard InChI is InChI=1S/C9H7FN4/c10-7-3-1-2-6(4-7)8-5-12-14-9(11)13-8/h1-5H,(H2,11,13,14). The van der Waals surface area contributed by atoms with E-state index in [-0.39, 0.29) is 11.8 Å². The van der Waals surface area contributed by atoms with Gasteiger partial charge in [0.1, 0.15) is 5.82 Å². The maximum Gasteiger partial charge on any atom is 0.240 e. The molecule has 0 radical (unpaired) electrons. The van der Waals surface area contributed by atoms with Crippen LogP contribution in [0.15, 0.2) is 30.5 Å². The van der Waals surface area contributed by atoms with Crippen molar-refractivity contribution in [2.45, 2.75) is 0 Å². The molecule has 0 spiro atoms. The second-order valence-corrected chi connectivity index (χ2v) is 2.71. The summed E-state index contributed by atoms with van der Waals surface area (Å²) in [6, 6.07) is 6.06. The van der Waals surface area contributed by atoms with Crippen molar-refractivity contribution in [2.24, 2.45) is 0 Å². The predicted molar refractivity (Wildman–Crippen MR) is 49.6 cm³/mol. The van der Waals surface area contributed by atoms with E-state index < -0.39 is 0 Å². The van der Waals surface area contributed by atoms with Gasteiger partial charge in [-0.05, 0) is 12.1 Å². The first-order valence-corrected chi connectivity index (χ1v) is 3.97. The Morgan fingerprint density at radius 2 is 2.14 bits per heavy atom. The van der Waals surface area contributed by atoms with Gasteiger partial charge in [0, 0.05) is 5.56 Å². The molecule has 1 aromatic heterocycles. The summed E-state index contributed by atoms with van der Waals surface area (Å²) in [6.45, 7) is 0. The number of aromatic nitrogens is 3. The molecule has 0 saturated heterocycles. The van der Waals surface area contributed by atoms with Crippen molar-refractivity contribution in [1.29, 1.82) is 0 Å². The fraction of sp³-hybridized carbons (Fsp3) is 0. The summed E-state index contributed by atoms with van der Waals surface area (Å²) in [5.41, 5.74) is 6.50. The lowest BCUT2D eigenvalue weighted by molar-refractivity contribution is 0.628. The average molecular weight is 190 g/mol. The molecule has 2 aromatic rings. The molecule has 0 aliphatic heterocycles. The fourth-order valence-electron chi connectivity index (χ4n) is 1.10. The first kappa shape index (κ1) is 8.55. The highest BCUT2D eigenvalue weighted by atomic mass is 19.1. The number of nitrogens with zero attached hydrogens (tertiary/aromatic N) is 3. The minimum Gasteiger partial charge on any atom is -0.366 e. The molecule has 0 amide bonds. The van der Waals surface area contributed by atoms with Gasteiger partial charge in [-0.2, -0.15) is 5.10 Å². The zero-order valence-electron chi connectivity index (χ0n) is 7.18. The summed E-state index contributed by atoms with van der Waals surface area (Å²) in [6.07, 6.45) is 1.44. The number of hydrogen-bond acceptors (Lipinski definition) is 4. The lowest BCUT2D eigenvalue weighted by Gasteiger charge is -1.99. The van der Waals surface area contributed by atoms with Gasteiger partial charge in [-0.1, -0.05) is 12.1 Å². The van der Waals surface area contributed by atoms with Crippen molar-refractivity contribution < 1.29 is 4.39 Å². The van der Waals surface area contributed by atoms with E-state index >= 15 is 0 Å². The highest BCUT2D eigenvalue weighted by Crippen LogP contribution is 2.16. The Morgan fingerprint density at radius 1 is 1.29 bits per heavy atom. The van der Waals surface area contributed by atoms with E-state index in [1.807, 2.05) is 0 Å². The van der Waals surface area contributed by atoms with E-state index in [4.69, 9.17) is 5.73 Å². The summed E-state index contributed by atoms with van der Waals surface area (Å²) < 4.78 is 12.9. The quantitative estimate of drug-likeness (QED) is 0.735. The van der Waals surface area contributed by atoms with Crippen molar-refractivity contribution in [3.63, 3.8) is 0 Å². The number of halogens is 1. The molecule has 0 unspecified atom stereocenters. The molecule has 2 N–H and O–H groups in total. The lowest BCUT2D eigenvalue weighted by Crippen LogP contribution is -1.98. The molecular formula is C9H7FN4. The normalized spacial score (nSPS) is 10.1. The zero-order valence-corrected chi connectivity index (χ0v) is 7.18. The second kappa shape index (κ2) is 3.37. The Morgan fingerprint density at radius 3 is 2.86 bits per heavy atom. The number of nitrogen functional groups attached to an aromatic ring is 1. The van der Waals surface area contributed by atoms with Crippen LogP contribution in [-0.4, -0.2) is 15.2 Å². The summed E-state index contributed by atoms with van der Waals surface area (Å²) in [4.78, 5) is 3.92. The molecule has 1 heterocycles. The minimum atomic E-state index is -0.320. The Kier molecular flexibility index (Phi) is 2.06. The summed E-state index contributed by atoms with van der Waals surface area (Å²) in [7, 11) is 0. The van der Waals surface area contributed by atoms with E-state index in [1.165, 1.54) is 18.3 Å². The average Bonchev–Trinajstić information content (AvgIpc) is 2.18. The largest absolute Gasteiger partial charge is 0.366 e. The zero-order chi connectivity index (χ0) is 9.97. The third-order valence-corrected chi connectivity index (χ3v) is 1.70. The van der Waals surface area contributed by atoms with Crippen molar-refractivity contribution in [2.75, 3.05) is 5.73 Å². The molecule has 5 heteroatoms. The second-order valence-electron chi connectivity index (χ2n) is 2.71. The predicted octanol–water partition coefficient (Wildman–Crippen LogP) is 1.26. The van der Waals surface area contributed by atoms with Gasteiger partial charge >= 0.3 is 0 Å². The number of rotatable bonds is 1. The van der Waals surface area contributed by atoms with Crippen LogP contribution in [0.4, 0.5) is 10.3 Å². The van der Waals surface area contributed by atoms with Crippen molar-refractivity contribution in [1.82, 2.24) is 15.2 Å². The maximum atomic E-state index is 12.9. The molecule has 0 fully saturated rings. The monoisotopic (exact) mass is 190 g/mol. The maximum absolute atomic E-state index is 12.9. The number of hydrogen-bond donors (Lipinski definition) is 1. The van der Waals surface area contributed by atoms with Crippen LogP contribution in [0.5, 0.6) is 0 Å². The van der Waals surface area contributed by atoms with Gasteiger partial charge in [-0.25, -0.2) is 9.37 Å². The number of benzene rings is 1. The molecule has 0 aliphatic rings. The Bertz CT molecular complexity index is 415. The van der Waals surface area contributed by atoms with Gasteiger partial charge in [0.15, 0.2) is 0 Å². The highest BCUT2D eigenvalue weighted by molar-refractivity contribution is 5.58. The van der Waals surface area contributed by atoms with E-state index in [0.29, 0.717) is 11.3 Å². The van der Waals surface area contributed by atoms with E-state index in [9.17, 15) is 4.39 Å². The molecule has 4 nitrogen and oxygen atoms in total. The van der Waals surface area contributed by atoms with Crippen LogP contribution in [-0.2, 0) is 0 Å². The molecule has 0 bridgehead atoms. The van der Waals surface area contributed by atoms with E-state index in [0.717, 1.165) is 0 Å². The SMILES string of the molecule is Nc1nncc(-c2cccc(F)c2)n1. The van der Waals surface area contributed by atoms with E-state index in [1.54, 1.807) is 12.1 Å². The summed E-state index contributed by atoms with van der Waals surface area (Å²) >= 11 is 0. The van der Waals surface area contributed by atoms with Gasteiger partial charge in [0.05, 0.1) is 11.9 Å². The fourth-order valence-corrected chi connectivity index (χ4v) is 1.10. The van der Waals surface area contributed by atoms with Gasteiger partial charge in [0.2, 0.25) is 5.95 Å². The smallest absolute Gasteiger partial charge is 0.240 e. The van der Waals surface area contributed by atoms with Gasteiger partial charge in [-0.3, -0.25) is 0 Å². The Labute approximate surface area is 79.6 Å².